The van der Waals surface area contributed by atoms with Crippen LogP contribution in [0.25, 0.3) is 5.69 Å². The van der Waals surface area contributed by atoms with E-state index >= 15 is 0 Å². The first-order valence-corrected chi connectivity index (χ1v) is 8.56. The third kappa shape index (κ3) is 4.39. The topological polar surface area (TPSA) is 67.2 Å². The molecule has 0 radical (unpaired) electrons. The van der Waals surface area contributed by atoms with E-state index in [-0.39, 0.29) is 11.7 Å². The summed E-state index contributed by atoms with van der Waals surface area (Å²) in [7, 11) is 0. The van der Waals surface area contributed by atoms with Crippen molar-refractivity contribution in [2.45, 2.75) is 26.8 Å². The summed E-state index contributed by atoms with van der Waals surface area (Å²) in [6.07, 6.45) is 0.600. The second-order valence-electron chi connectivity index (χ2n) is 6.74. The number of halogens is 1. The second-order valence-corrected chi connectivity index (χ2v) is 6.74. The van der Waals surface area contributed by atoms with Crippen molar-refractivity contribution in [3.8, 4) is 5.69 Å². The molecule has 1 aliphatic rings. The van der Waals surface area contributed by atoms with Gasteiger partial charge in [-0.3, -0.25) is 9.69 Å². The highest BCUT2D eigenvalue weighted by Gasteiger charge is 2.23. The molecule has 7 nitrogen and oxygen atoms in total. The number of carbonyl (C=O) groups is 1. The molecule has 0 aliphatic carbocycles. The summed E-state index contributed by atoms with van der Waals surface area (Å²) in [5.74, 6) is 1.02. The number of amides is 1. The van der Waals surface area contributed by atoms with Gasteiger partial charge in [-0.25, -0.2) is 4.39 Å². The molecule has 1 saturated heterocycles. The molecule has 2 heterocycles. The molecule has 1 aliphatic heterocycles. The summed E-state index contributed by atoms with van der Waals surface area (Å²) < 4.78 is 14.7. The van der Waals surface area contributed by atoms with Gasteiger partial charge in [0.15, 0.2) is 5.82 Å². The van der Waals surface area contributed by atoms with Crippen LogP contribution in [0.2, 0.25) is 0 Å². The standard InChI is InChI=1S/C17H23FN6O/c1-13(2)11-17(25)23-9-7-22(8-10-23)12-16-19-20-21-24(16)15-5-3-14(18)4-6-15/h3-6,13H,7-12H2,1-2H3. The van der Waals surface area contributed by atoms with E-state index in [0.717, 1.165) is 31.9 Å². The number of rotatable bonds is 5. The van der Waals surface area contributed by atoms with Crippen molar-refractivity contribution >= 4 is 5.91 Å². The van der Waals surface area contributed by atoms with Crippen LogP contribution in [0.4, 0.5) is 4.39 Å². The van der Waals surface area contributed by atoms with Crippen LogP contribution in [0, 0.1) is 11.7 Å². The number of aromatic nitrogens is 4. The van der Waals surface area contributed by atoms with Gasteiger partial charge in [-0.1, -0.05) is 13.8 Å². The molecule has 1 fully saturated rings. The Morgan fingerprint density at radius 2 is 1.84 bits per heavy atom. The fraction of sp³-hybridized carbons (Fsp3) is 0.529. The Morgan fingerprint density at radius 1 is 1.16 bits per heavy atom. The fourth-order valence-corrected chi connectivity index (χ4v) is 2.92. The maximum absolute atomic E-state index is 13.1. The Kier molecular flexibility index (Phi) is 5.37. The summed E-state index contributed by atoms with van der Waals surface area (Å²) >= 11 is 0. The van der Waals surface area contributed by atoms with Crippen molar-refractivity contribution in [3.63, 3.8) is 0 Å². The minimum Gasteiger partial charge on any atom is -0.340 e. The van der Waals surface area contributed by atoms with E-state index in [4.69, 9.17) is 0 Å². The predicted octanol–water partition coefficient (Wildman–Crippen LogP) is 1.49. The minimum atomic E-state index is -0.291. The smallest absolute Gasteiger partial charge is 0.222 e. The van der Waals surface area contributed by atoms with Crippen LogP contribution in [0.15, 0.2) is 24.3 Å². The van der Waals surface area contributed by atoms with E-state index in [0.29, 0.717) is 24.7 Å². The number of carbonyl (C=O) groups excluding carboxylic acids is 1. The Hall–Kier alpha value is -2.35. The lowest BCUT2D eigenvalue weighted by Crippen LogP contribution is -2.48. The average molecular weight is 346 g/mol. The monoisotopic (exact) mass is 346 g/mol. The molecule has 3 rings (SSSR count). The SMILES string of the molecule is CC(C)CC(=O)N1CCN(Cc2nnnn2-c2ccc(F)cc2)CC1. The predicted molar refractivity (Wildman–Crippen MR) is 90.4 cm³/mol. The van der Waals surface area contributed by atoms with Crippen LogP contribution in [-0.2, 0) is 11.3 Å². The van der Waals surface area contributed by atoms with Gasteiger partial charge in [-0.05, 0) is 40.6 Å². The van der Waals surface area contributed by atoms with Crippen molar-refractivity contribution in [1.29, 1.82) is 0 Å². The van der Waals surface area contributed by atoms with Gasteiger partial charge in [0.05, 0.1) is 12.2 Å². The first-order valence-electron chi connectivity index (χ1n) is 8.56. The Balaban J connectivity index is 1.59. The van der Waals surface area contributed by atoms with Crippen LogP contribution in [0.1, 0.15) is 26.1 Å². The molecule has 25 heavy (non-hydrogen) atoms. The summed E-state index contributed by atoms with van der Waals surface area (Å²) in [6, 6.07) is 6.08. The minimum absolute atomic E-state index is 0.228. The third-order valence-corrected chi connectivity index (χ3v) is 4.28. The van der Waals surface area contributed by atoms with Crippen molar-refractivity contribution in [2.24, 2.45) is 5.92 Å². The van der Waals surface area contributed by atoms with E-state index in [2.05, 4.69) is 34.3 Å². The van der Waals surface area contributed by atoms with Crippen molar-refractivity contribution in [1.82, 2.24) is 30.0 Å². The van der Waals surface area contributed by atoms with Crippen LogP contribution in [0.3, 0.4) is 0 Å². The van der Waals surface area contributed by atoms with Crippen molar-refractivity contribution < 1.29 is 9.18 Å². The summed E-state index contributed by atoms with van der Waals surface area (Å²) in [5.41, 5.74) is 0.729. The molecule has 8 heteroatoms. The molecule has 0 atom stereocenters. The summed E-state index contributed by atoms with van der Waals surface area (Å²) in [4.78, 5) is 16.3. The lowest BCUT2D eigenvalue weighted by molar-refractivity contribution is -0.133. The van der Waals surface area contributed by atoms with Gasteiger partial charge in [0.2, 0.25) is 5.91 Å². The van der Waals surface area contributed by atoms with E-state index in [1.165, 1.54) is 12.1 Å². The van der Waals surface area contributed by atoms with Gasteiger partial charge in [-0.2, -0.15) is 4.68 Å². The van der Waals surface area contributed by atoms with E-state index in [1.807, 2.05) is 4.90 Å². The molecular weight excluding hydrogens is 323 g/mol. The molecule has 0 saturated carbocycles. The number of hydrogen-bond donors (Lipinski definition) is 0. The van der Waals surface area contributed by atoms with Gasteiger partial charge in [0.25, 0.3) is 0 Å². The van der Waals surface area contributed by atoms with Crippen molar-refractivity contribution in [3.05, 3.63) is 35.9 Å². The van der Waals surface area contributed by atoms with E-state index < -0.39 is 0 Å². The number of tetrazole rings is 1. The third-order valence-electron chi connectivity index (χ3n) is 4.28. The molecule has 1 amide bonds. The maximum atomic E-state index is 13.1. The molecule has 1 aromatic carbocycles. The highest BCUT2D eigenvalue weighted by atomic mass is 19.1. The molecule has 0 spiro atoms. The highest BCUT2D eigenvalue weighted by Crippen LogP contribution is 2.13. The van der Waals surface area contributed by atoms with Gasteiger partial charge < -0.3 is 4.90 Å². The first-order chi connectivity index (χ1) is 12.0. The average Bonchev–Trinajstić information content (AvgIpc) is 3.03. The van der Waals surface area contributed by atoms with Crippen LogP contribution >= 0.6 is 0 Å². The second kappa shape index (κ2) is 7.69. The molecular formula is C17H23FN6O. The van der Waals surface area contributed by atoms with Crippen LogP contribution in [-0.4, -0.2) is 62.1 Å². The largest absolute Gasteiger partial charge is 0.340 e. The molecule has 0 N–H and O–H groups in total. The molecule has 1 aromatic heterocycles. The van der Waals surface area contributed by atoms with E-state index in [9.17, 15) is 9.18 Å². The van der Waals surface area contributed by atoms with Crippen molar-refractivity contribution in [2.75, 3.05) is 26.2 Å². The summed E-state index contributed by atoms with van der Waals surface area (Å²) in [6.45, 7) is 7.75. The van der Waals surface area contributed by atoms with Gasteiger partial charge in [0.1, 0.15) is 5.82 Å². The first kappa shape index (κ1) is 17.5. The number of piperazine rings is 1. The van der Waals surface area contributed by atoms with Crippen LogP contribution < -0.4 is 0 Å². The lowest BCUT2D eigenvalue weighted by atomic mass is 10.1. The maximum Gasteiger partial charge on any atom is 0.222 e. The summed E-state index contributed by atoms with van der Waals surface area (Å²) in [5, 5.41) is 11.8. The molecule has 2 aromatic rings. The van der Waals surface area contributed by atoms with Gasteiger partial charge >= 0.3 is 0 Å². The number of benzene rings is 1. The zero-order valence-corrected chi connectivity index (χ0v) is 14.6. The van der Waals surface area contributed by atoms with E-state index in [1.54, 1.807) is 16.8 Å². The molecule has 0 bridgehead atoms. The zero-order chi connectivity index (χ0) is 17.8. The fourth-order valence-electron chi connectivity index (χ4n) is 2.92. The van der Waals surface area contributed by atoms with Gasteiger partial charge in [0, 0.05) is 32.6 Å². The van der Waals surface area contributed by atoms with Gasteiger partial charge in [-0.15, -0.1) is 5.10 Å². The molecule has 0 unspecified atom stereocenters. The number of nitrogens with zero attached hydrogens (tertiary/aromatic N) is 6. The Bertz CT molecular complexity index is 706. The highest BCUT2D eigenvalue weighted by molar-refractivity contribution is 5.76. The Labute approximate surface area is 146 Å². The van der Waals surface area contributed by atoms with Crippen LogP contribution in [0.5, 0.6) is 0 Å². The number of hydrogen-bond acceptors (Lipinski definition) is 5. The quantitative estimate of drug-likeness (QED) is 0.821. The normalized spacial score (nSPS) is 15.8. The molecule has 134 valence electrons. The lowest BCUT2D eigenvalue weighted by Gasteiger charge is -2.34. The Morgan fingerprint density at radius 3 is 2.48 bits per heavy atom. The zero-order valence-electron chi connectivity index (χ0n) is 14.6.